The van der Waals surface area contributed by atoms with Crippen LogP contribution in [-0.2, 0) is 13.6 Å². The summed E-state index contributed by atoms with van der Waals surface area (Å²) >= 11 is 1.51. The zero-order valence-corrected chi connectivity index (χ0v) is 10.4. The van der Waals surface area contributed by atoms with E-state index in [9.17, 15) is 14.4 Å². The molecule has 0 aliphatic rings. The molecule has 0 atom stereocenters. The van der Waals surface area contributed by atoms with Gasteiger partial charge in [0.2, 0.25) is 0 Å². The molecule has 2 rings (SSSR count). The fourth-order valence-corrected chi connectivity index (χ4v) is 2.05. The van der Waals surface area contributed by atoms with Crippen LogP contribution in [0.3, 0.4) is 0 Å². The van der Waals surface area contributed by atoms with E-state index in [0.29, 0.717) is 6.54 Å². The lowest BCUT2D eigenvalue weighted by atomic mass is 10.3. The third-order valence-corrected chi connectivity index (χ3v) is 3.30. The fraction of sp³-hybridized carbons (Fsp3) is 0.182. The molecule has 0 aromatic carbocycles. The van der Waals surface area contributed by atoms with E-state index in [2.05, 4.69) is 10.3 Å². The topological polar surface area (TPSA) is 84.0 Å². The number of nitrogens with one attached hydrogen (secondary N) is 2. The molecule has 0 spiro atoms. The average Bonchev–Trinajstić information content (AvgIpc) is 2.86. The summed E-state index contributed by atoms with van der Waals surface area (Å²) in [6.07, 6.45) is 1.13. The fourth-order valence-electron chi connectivity index (χ4n) is 1.40. The monoisotopic (exact) mass is 265 g/mol. The smallest absolute Gasteiger partial charge is 0.328 e. The lowest BCUT2D eigenvalue weighted by molar-refractivity contribution is 0.0948. The molecule has 0 fully saturated rings. The standard InChI is InChI=1S/C11H11N3O3S/c1-14-10(16)8(6-13-11(14)17)9(15)12-5-7-3-2-4-18-7/h2-4,6H,5H2,1H3,(H,12,15)(H,13,17). The molecule has 1 amide bonds. The summed E-state index contributed by atoms with van der Waals surface area (Å²) < 4.78 is 0.861. The van der Waals surface area contributed by atoms with E-state index in [-0.39, 0.29) is 5.56 Å². The van der Waals surface area contributed by atoms with Gasteiger partial charge in [-0.2, -0.15) is 0 Å². The predicted molar refractivity (Wildman–Crippen MR) is 67.8 cm³/mol. The molecule has 7 heteroatoms. The first-order chi connectivity index (χ1) is 8.59. The number of aromatic nitrogens is 2. The lowest BCUT2D eigenvalue weighted by Crippen LogP contribution is -2.38. The Bertz CT molecular complexity index is 670. The molecular weight excluding hydrogens is 254 g/mol. The van der Waals surface area contributed by atoms with Gasteiger partial charge in [0.25, 0.3) is 11.5 Å². The molecule has 0 aliphatic heterocycles. The predicted octanol–water partition coefficient (Wildman–Crippen LogP) is 0.0651. The molecule has 2 N–H and O–H groups in total. The van der Waals surface area contributed by atoms with Gasteiger partial charge >= 0.3 is 5.69 Å². The van der Waals surface area contributed by atoms with Gasteiger partial charge in [0.1, 0.15) is 5.56 Å². The molecule has 2 heterocycles. The number of hydrogen-bond donors (Lipinski definition) is 2. The van der Waals surface area contributed by atoms with Crippen LogP contribution in [-0.4, -0.2) is 15.5 Å². The number of nitrogens with zero attached hydrogens (tertiary/aromatic N) is 1. The van der Waals surface area contributed by atoms with Crippen molar-refractivity contribution in [3.05, 3.63) is 55.0 Å². The second-order valence-corrected chi connectivity index (χ2v) is 4.67. The maximum absolute atomic E-state index is 11.8. The van der Waals surface area contributed by atoms with Gasteiger partial charge in [0, 0.05) is 18.1 Å². The van der Waals surface area contributed by atoms with Crippen LogP contribution >= 0.6 is 11.3 Å². The molecule has 18 heavy (non-hydrogen) atoms. The maximum Gasteiger partial charge on any atom is 0.328 e. The highest BCUT2D eigenvalue weighted by Crippen LogP contribution is 2.07. The molecule has 2 aromatic heterocycles. The van der Waals surface area contributed by atoms with E-state index < -0.39 is 17.2 Å². The summed E-state index contributed by atoms with van der Waals surface area (Å²) in [5, 5.41) is 4.53. The van der Waals surface area contributed by atoms with Crippen molar-refractivity contribution >= 4 is 17.2 Å². The molecule has 0 aliphatic carbocycles. The first-order valence-electron chi connectivity index (χ1n) is 5.19. The van der Waals surface area contributed by atoms with E-state index in [1.54, 1.807) is 0 Å². The number of rotatable bonds is 3. The van der Waals surface area contributed by atoms with E-state index >= 15 is 0 Å². The summed E-state index contributed by atoms with van der Waals surface area (Å²) in [5.74, 6) is -0.500. The molecular formula is C11H11N3O3S. The largest absolute Gasteiger partial charge is 0.347 e. The van der Waals surface area contributed by atoms with Crippen molar-refractivity contribution in [2.75, 3.05) is 0 Å². The van der Waals surface area contributed by atoms with Gasteiger partial charge in [0.05, 0.1) is 6.54 Å². The summed E-state index contributed by atoms with van der Waals surface area (Å²) in [6.45, 7) is 0.360. The number of hydrogen-bond acceptors (Lipinski definition) is 4. The maximum atomic E-state index is 11.8. The molecule has 6 nitrogen and oxygen atoms in total. The van der Waals surface area contributed by atoms with Gasteiger partial charge in [0.15, 0.2) is 0 Å². The Labute approximate surface area is 106 Å². The van der Waals surface area contributed by atoms with Gasteiger partial charge in [-0.15, -0.1) is 11.3 Å². The normalized spacial score (nSPS) is 10.3. The van der Waals surface area contributed by atoms with Crippen LogP contribution in [0.25, 0.3) is 0 Å². The molecule has 0 unspecified atom stereocenters. The molecule has 0 radical (unpaired) electrons. The van der Waals surface area contributed by atoms with Crippen LogP contribution < -0.4 is 16.6 Å². The van der Waals surface area contributed by atoms with E-state index in [0.717, 1.165) is 15.6 Å². The van der Waals surface area contributed by atoms with Crippen LogP contribution in [0, 0.1) is 0 Å². The summed E-state index contributed by atoms with van der Waals surface area (Å²) in [7, 11) is 1.32. The van der Waals surface area contributed by atoms with Crippen LogP contribution in [0.5, 0.6) is 0 Å². The van der Waals surface area contributed by atoms with Crippen molar-refractivity contribution in [2.45, 2.75) is 6.54 Å². The summed E-state index contributed by atoms with van der Waals surface area (Å²) in [6, 6.07) is 3.76. The first kappa shape index (κ1) is 12.3. The zero-order valence-electron chi connectivity index (χ0n) is 9.60. The van der Waals surface area contributed by atoms with Crippen LogP contribution in [0.4, 0.5) is 0 Å². The average molecular weight is 265 g/mol. The Morgan fingerprint density at radius 2 is 2.28 bits per heavy atom. The van der Waals surface area contributed by atoms with Gasteiger partial charge in [-0.3, -0.25) is 14.2 Å². The SMILES string of the molecule is Cn1c(=O)[nH]cc(C(=O)NCc2cccs2)c1=O. The van der Waals surface area contributed by atoms with E-state index in [4.69, 9.17) is 0 Å². The molecule has 2 aromatic rings. The highest BCUT2D eigenvalue weighted by molar-refractivity contribution is 7.09. The van der Waals surface area contributed by atoms with Crippen molar-refractivity contribution in [1.29, 1.82) is 0 Å². The zero-order chi connectivity index (χ0) is 13.1. The molecule has 94 valence electrons. The number of thiophene rings is 1. The Balaban J connectivity index is 2.17. The Morgan fingerprint density at radius 3 is 2.94 bits per heavy atom. The van der Waals surface area contributed by atoms with Gasteiger partial charge in [-0.25, -0.2) is 4.79 Å². The molecule has 0 bridgehead atoms. The Hall–Kier alpha value is -2.15. The summed E-state index contributed by atoms with van der Waals surface area (Å²) in [4.78, 5) is 37.9. The minimum atomic E-state index is -0.609. The van der Waals surface area contributed by atoms with Gasteiger partial charge < -0.3 is 10.3 Å². The molecule has 0 saturated heterocycles. The van der Waals surface area contributed by atoms with Crippen LogP contribution in [0.2, 0.25) is 0 Å². The van der Waals surface area contributed by atoms with E-state index in [1.807, 2.05) is 17.5 Å². The number of amides is 1. The van der Waals surface area contributed by atoms with E-state index in [1.165, 1.54) is 18.4 Å². The number of carbonyl (C=O) groups is 1. The van der Waals surface area contributed by atoms with Crippen molar-refractivity contribution in [1.82, 2.24) is 14.9 Å². The lowest BCUT2D eigenvalue weighted by Gasteiger charge is -2.04. The van der Waals surface area contributed by atoms with Crippen molar-refractivity contribution in [2.24, 2.45) is 7.05 Å². The van der Waals surface area contributed by atoms with Crippen LogP contribution in [0.1, 0.15) is 15.2 Å². The number of carbonyl (C=O) groups excluding carboxylic acids is 1. The van der Waals surface area contributed by atoms with Crippen molar-refractivity contribution in [3.8, 4) is 0 Å². The minimum absolute atomic E-state index is 0.0753. The number of aromatic amines is 1. The quantitative estimate of drug-likeness (QED) is 0.823. The Morgan fingerprint density at radius 1 is 1.50 bits per heavy atom. The van der Waals surface area contributed by atoms with Gasteiger partial charge in [-0.05, 0) is 11.4 Å². The number of H-pyrrole nitrogens is 1. The third kappa shape index (κ3) is 2.40. The highest BCUT2D eigenvalue weighted by atomic mass is 32.1. The molecule has 0 saturated carbocycles. The highest BCUT2D eigenvalue weighted by Gasteiger charge is 2.12. The van der Waals surface area contributed by atoms with Crippen molar-refractivity contribution < 1.29 is 4.79 Å². The third-order valence-electron chi connectivity index (χ3n) is 2.43. The minimum Gasteiger partial charge on any atom is -0.347 e. The summed E-state index contributed by atoms with van der Waals surface area (Å²) in [5.41, 5.74) is -1.23. The van der Waals surface area contributed by atoms with Crippen LogP contribution in [0.15, 0.2) is 33.3 Å². The second kappa shape index (κ2) is 5.01. The second-order valence-electron chi connectivity index (χ2n) is 3.63. The first-order valence-corrected chi connectivity index (χ1v) is 6.07. The Kier molecular flexibility index (Phi) is 3.42. The van der Waals surface area contributed by atoms with Crippen molar-refractivity contribution in [3.63, 3.8) is 0 Å². The van der Waals surface area contributed by atoms with Gasteiger partial charge in [-0.1, -0.05) is 6.07 Å².